The second kappa shape index (κ2) is 2.81. The van der Waals surface area contributed by atoms with Gasteiger partial charge in [-0.2, -0.15) is 0 Å². The van der Waals surface area contributed by atoms with Gasteiger partial charge in [-0.1, -0.05) is 0 Å². The van der Waals surface area contributed by atoms with Crippen molar-refractivity contribution >= 4 is 19.0 Å². The summed E-state index contributed by atoms with van der Waals surface area (Å²) in [5.41, 5.74) is 0. The van der Waals surface area contributed by atoms with E-state index in [9.17, 15) is 0 Å². The van der Waals surface area contributed by atoms with Crippen LogP contribution in [0.1, 0.15) is 13.8 Å². The minimum absolute atomic E-state index is 0.412. The van der Waals surface area contributed by atoms with E-state index in [1.54, 1.807) is 0 Å². The van der Waals surface area contributed by atoms with E-state index in [1.807, 2.05) is 13.8 Å². The Morgan fingerprint density at radius 2 is 1.80 bits per heavy atom. The topological polar surface area (TPSA) is 9.23 Å². The van der Waals surface area contributed by atoms with Crippen molar-refractivity contribution in [2.24, 2.45) is 0 Å². The van der Waals surface area contributed by atoms with E-state index in [0.29, 0.717) is 6.10 Å². The molecule has 1 nitrogen and oxygen atoms in total. The molecule has 0 aromatic rings. The molecule has 0 N–H and O–H groups in total. The van der Waals surface area contributed by atoms with Gasteiger partial charge in [-0.15, -0.1) is 0 Å². The summed E-state index contributed by atoms with van der Waals surface area (Å²) in [6, 6.07) is 0. The summed E-state index contributed by atoms with van der Waals surface area (Å²) >= 11 is 1.33. The minimum atomic E-state index is 0.412. The van der Waals surface area contributed by atoms with Crippen molar-refractivity contribution in [1.29, 1.82) is 0 Å². The summed E-state index contributed by atoms with van der Waals surface area (Å²) in [4.78, 5) is 0. The fourth-order valence-corrected chi connectivity index (χ4v) is 0. The van der Waals surface area contributed by atoms with Crippen molar-refractivity contribution < 1.29 is 3.53 Å². The van der Waals surface area contributed by atoms with E-state index in [-0.39, 0.29) is 0 Å². The van der Waals surface area contributed by atoms with Crippen LogP contribution in [0.25, 0.3) is 0 Å². The van der Waals surface area contributed by atoms with Crippen molar-refractivity contribution in [3.05, 3.63) is 0 Å². The van der Waals surface area contributed by atoms with Crippen LogP contribution in [-0.4, -0.2) is 25.1 Å². The zero-order valence-corrected chi connectivity index (χ0v) is 5.99. The van der Waals surface area contributed by atoms with Gasteiger partial charge in [-0.25, -0.2) is 0 Å². The molecular weight excluding hydrogens is 122 g/mol. The van der Waals surface area contributed by atoms with E-state index < -0.39 is 0 Å². The first kappa shape index (κ1) is 5.60. The normalized spacial score (nSPS) is 9.40. The Bertz CT molecular complexity index is 20.9. The van der Waals surface area contributed by atoms with E-state index in [0.717, 1.165) is 0 Å². The van der Waals surface area contributed by atoms with Crippen molar-refractivity contribution in [2.75, 3.05) is 0 Å². The molecule has 0 aromatic heterocycles. The maximum atomic E-state index is 4.81. The first-order valence-electron chi connectivity index (χ1n) is 1.63. The van der Waals surface area contributed by atoms with Crippen LogP contribution in [0, 0.1) is 0 Å². The molecule has 2 heteroatoms. The van der Waals surface area contributed by atoms with Crippen LogP contribution in [0.3, 0.4) is 0 Å². The van der Waals surface area contributed by atoms with Crippen molar-refractivity contribution in [2.45, 2.75) is 20.0 Å². The summed E-state index contributed by atoms with van der Waals surface area (Å²) in [7, 11) is 0. The van der Waals surface area contributed by atoms with Crippen LogP contribution < -0.4 is 0 Å². The van der Waals surface area contributed by atoms with Gasteiger partial charge >= 0.3 is 42.4 Å². The molecule has 0 aliphatic rings. The van der Waals surface area contributed by atoms with Gasteiger partial charge in [-0.3, -0.25) is 0 Å². The van der Waals surface area contributed by atoms with Crippen LogP contribution in [0.5, 0.6) is 0 Å². The third kappa shape index (κ3) is 4.60. The molecule has 0 rings (SSSR count). The van der Waals surface area contributed by atoms with Crippen LogP contribution in [0.2, 0.25) is 0 Å². The van der Waals surface area contributed by atoms with E-state index >= 15 is 0 Å². The molecule has 28 valence electrons. The monoisotopic (exact) mass is 128 g/mol. The van der Waals surface area contributed by atoms with Crippen molar-refractivity contribution in [3.8, 4) is 0 Å². The van der Waals surface area contributed by atoms with Crippen molar-refractivity contribution in [1.82, 2.24) is 0 Å². The average Bonchev–Trinajstić information content (AvgIpc) is 1.38. The summed E-state index contributed by atoms with van der Waals surface area (Å²) in [6.45, 7) is 4.03. The maximum absolute atomic E-state index is 4.81. The Balaban J connectivity index is 2.54. The first-order valence-corrected chi connectivity index (χ1v) is 2.62. The summed E-state index contributed by atoms with van der Waals surface area (Å²) in [6.07, 6.45) is 0.412. The van der Waals surface area contributed by atoms with Crippen LogP contribution in [0.15, 0.2) is 0 Å². The van der Waals surface area contributed by atoms with E-state index in [1.165, 1.54) is 19.0 Å². The molecule has 0 unspecified atom stereocenters. The molecule has 0 fully saturated rings. The van der Waals surface area contributed by atoms with Gasteiger partial charge in [0.15, 0.2) is 0 Å². The van der Waals surface area contributed by atoms with Gasteiger partial charge in [0.05, 0.1) is 0 Å². The predicted molar refractivity (Wildman–Crippen MR) is 22.0 cm³/mol. The fraction of sp³-hybridized carbons (Fsp3) is 1.00. The van der Waals surface area contributed by atoms with Crippen molar-refractivity contribution in [3.63, 3.8) is 0 Å². The molecule has 0 saturated carbocycles. The molecule has 0 saturated heterocycles. The second-order valence-electron chi connectivity index (χ2n) is 1.18. The van der Waals surface area contributed by atoms with Gasteiger partial charge in [0.2, 0.25) is 0 Å². The fourth-order valence-electron chi connectivity index (χ4n) is 0. The zero-order valence-electron chi connectivity index (χ0n) is 3.56. The molecule has 2 radical (unpaired) electrons. The third-order valence-corrected chi connectivity index (χ3v) is 1.41. The van der Waals surface area contributed by atoms with Gasteiger partial charge in [0.25, 0.3) is 0 Å². The third-order valence-electron chi connectivity index (χ3n) is 0.272. The SMILES string of the molecule is CC(C)[O][Ga]. The quantitative estimate of drug-likeness (QED) is 0.468. The molecule has 0 amide bonds. The van der Waals surface area contributed by atoms with Gasteiger partial charge in [-0.05, 0) is 0 Å². The Hall–Kier alpha value is 0.596. The Morgan fingerprint density at radius 1 is 1.60 bits per heavy atom. The average molecular weight is 129 g/mol. The van der Waals surface area contributed by atoms with E-state index in [4.69, 9.17) is 3.53 Å². The molecule has 0 heterocycles. The molecule has 0 spiro atoms. The number of hydrogen-bond donors (Lipinski definition) is 0. The molecular formula is C3H7GaO. The standard InChI is InChI=1S/C3H7O.Ga/c1-3(2)4;/h3H,1-2H3;/q-1;+1. The van der Waals surface area contributed by atoms with Gasteiger partial charge in [0, 0.05) is 0 Å². The molecule has 0 aliphatic carbocycles. The summed E-state index contributed by atoms with van der Waals surface area (Å²) in [5, 5.41) is 0. The van der Waals surface area contributed by atoms with Crippen LogP contribution >= 0.6 is 0 Å². The van der Waals surface area contributed by atoms with Crippen LogP contribution in [0.4, 0.5) is 0 Å². The molecule has 0 aliphatic heterocycles. The Kier molecular flexibility index (Phi) is 3.15. The predicted octanol–water partition coefficient (Wildman–Crippen LogP) is 0.495. The molecule has 0 atom stereocenters. The Labute approximate surface area is 43.0 Å². The van der Waals surface area contributed by atoms with Gasteiger partial charge < -0.3 is 0 Å². The Morgan fingerprint density at radius 3 is 1.80 bits per heavy atom. The summed E-state index contributed by atoms with van der Waals surface area (Å²) < 4.78 is 4.81. The first-order chi connectivity index (χ1) is 2.27. The van der Waals surface area contributed by atoms with Gasteiger partial charge in [0.1, 0.15) is 0 Å². The number of rotatable bonds is 1. The number of hydrogen-bond acceptors (Lipinski definition) is 1. The molecule has 5 heavy (non-hydrogen) atoms. The molecule has 0 aromatic carbocycles. The second-order valence-corrected chi connectivity index (χ2v) is 1.76. The molecule has 0 bridgehead atoms. The van der Waals surface area contributed by atoms with Crippen LogP contribution in [-0.2, 0) is 3.53 Å². The van der Waals surface area contributed by atoms with E-state index in [2.05, 4.69) is 0 Å². The zero-order chi connectivity index (χ0) is 4.28. The summed E-state index contributed by atoms with van der Waals surface area (Å²) in [5.74, 6) is 0.